The van der Waals surface area contributed by atoms with Crippen molar-refractivity contribution >= 4 is 29.1 Å². The van der Waals surface area contributed by atoms with E-state index < -0.39 is 6.10 Å². The van der Waals surface area contributed by atoms with E-state index in [-0.39, 0.29) is 12.5 Å². The predicted octanol–water partition coefficient (Wildman–Crippen LogP) is 2.36. The van der Waals surface area contributed by atoms with Crippen LogP contribution in [0.4, 0.5) is 0 Å². The first-order valence-corrected chi connectivity index (χ1v) is 6.37. The van der Waals surface area contributed by atoms with Gasteiger partial charge in [-0.1, -0.05) is 23.2 Å². The molecule has 1 rings (SSSR count). The Balaban J connectivity index is 2.93. The summed E-state index contributed by atoms with van der Waals surface area (Å²) >= 11 is 11.9. The number of halogens is 2. The van der Waals surface area contributed by atoms with Gasteiger partial charge in [0.15, 0.2) is 6.10 Å². The molecular formula is C12H16Cl2N2O2. The maximum atomic E-state index is 11.6. The molecular weight excluding hydrogens is 275 g/mol. The zero-order valence-electron chi connectivity index (χ0n) is 10.3. The third-order valence-electron chi connectivity index (χ3n) is 2.32. The second kappa shape index (κ2) is 6.83. The van der Waals surface area contributed by atoms with Crippen molar-refractivity contribution in [2.75, 3.05) is 6.54 Å². The molecule has 6 heteroatoms. The number of amides is 1. The number of carbonyl (C=O) groups is 1. The van der Waals surface area contributed by atoms with Gasteiger partial charge in [0.25, 0.3) is 5.91 Å². The summed E-state index contributed by atoms with van der Waals surface area (Å²) in [7, 11) is 0. The lowest BCUT2D eigenvalue weighted by Gasteiger charge is -2.17. The molecule has 0 saturated heterocycles. The number of hydrogen-bond acceptors (Lipinski definition) is 3. The highest BCUT2D eigenvalue weighted by atomic mass is 35.5. The molecule has 0 saturated carbocycles. The third kappa shape index (κ3) is 3.77. The van der Waals surface area contributed by atoms with E-state index in [1.54, 1.807) is 19.1 Å². The number of likely N-dealkylation sites (N-methyl/N-ethyl adjacent to an activating group) is 1. The van der Waals surface area contributed by atoms with Crippen molar-refractivity contribution in [2.45, 2.75) is 26.5 Å². The Morgan fingerprint density at radius 1 is 1.50 bits per heavy atom. The van der Waals surface area contributed by atoms with Crippen LogP contribution in [0.2, 0.25) is 10.0 Å². The monoisotopic (exact) mass is 290 g/mol. The molecule has 1 atom stereocenters. The molecule has 1 unspecified atom stereocenters. The van der Waals surface area contributed by atoms with Gasteiger partial charge in [0.1, 0.15) is 5.75 Å². The summed E-state index contributed by atoms with van der Waals surface area (Å²) in [5, 5.41) is 3.50. The molecule has 1 aromatic rings. The van der Waals surface area contributed by atoms with Gasteiger partial charge in [0.05, 0.1) is 5.02 Å². The van der Waals surface area contributed by atoms with Gasteiger partial charge >= 0.3 is 0 Å². The Bertz CT molecular complexity index is 438. The van der Waals surface area contributed by atoms with E-state index in [0.29, 0.717) is 27.9 Å². The number of rotatable bonds is 5. The summed E-state index contributed by atoms with van der Waals surface area (Å²) in [6.45, 7) is 4.27. The quantitative estimate of drug-likeness (QED) is 0.875. The molecule has 4 nitrogen and oxygen atoms in total. The van der Waals surface area contributed by atoms with E-state index in [0.717, 1.165) is 0 Å². The SMILES string of the molecule is CCNC(=O)C(C)Oc1c(Cl)cc(Cl)cc1CN. The second-order valence-corrected chi connectivity index (χ2v) is 4.58. The molecule has 0 heterocycles. The lowest BCUT2D eigenvalue weighted by molar-refractivity contribution is -0.127. The first-order valence-electron chi connectivity index (χ1n) is 5.62. The number of nitrogens with one attached hydrogen (secondary N) is 1. The minimum absolute atomic E-state index is 0.202. The van der Waals surface area contributed by atoms with E-state index in [4.69, 9.17) is 33.7 Å². The molecule has 0 fully saturated rings. The molecule has 1 amide bonds. The largest absolute Gasteiger partial charge is 0.479 e. The first-order chi connectivity index (χ1) is 8.49. The predicted molar refractivity (Wildman–Crippen MR) is 73.1 cm³/mol. The van der Waals surface area contributed by atoms with Gasteiger partial charge in [-0.15, -0.1) is 0 Å². The zero-order chi connectivity index (χ0) is 13.7. The van der Waals surface area contributed by atoms with Gasteiger partial charge in [-0.25, -0.2) is 0 Å². The average Bonchev–Trinajstić information content (AvgIpc) is 2.32. The van der Waals surface area contributed by atoms with Crippen LogP contribution in [-0.4, -0.2) is 18.6 Å². The second-order valence-electron chi connectivity index (χ2n) is 3.73. The number of nitrogens with two attached hydrogens (primary N) is 1. The molecule has 0 aliphatic rings. The Morgan fingerprint density at radius 3 is 2.72 bits per heavy atom. The van der Waals surface area contributed by atoms with Crippen LogP contribution in [0.1, 0.15) is 19.4 Å². The van der Waals surface area contributed by atoms with E-state index in [9.17, 15) is 4.79 Å². The summed E-state index contributed by atoms with van der Waals surface area (Å²) in [6, 6.07) is 3.23. The smallest absolute Gasteiger partial charge is 0.260 e. The highest BCUT2D eigenvalue weighted by molar-refractivity contribution is 6.35. The number of carbonyl (C=O) groups excluding carboxylic acids is 1. The molecule has 0 aliphatic carbocycles. The molecule has 0 radical (unpaired) electrons. The van der Waals surface area contributed by atoms with Crippen LogP contribution in [0.15, 0.2) is 12.1 Å². The third-order valence-corrected chi connectivity index (χ3v) is 2.82. The van der Waals surface area contributed by atoms with Gasteiger partial charge in [-0.05, 0) is 26.0 Å². The molecule has 1 aromatic carbocycles. The summed E-state index contributed by atoms with van der Waals surface area (Å²) in [5.74, 6) is 0.203. The van der Waals surface area contributed by atoms with Crippen molar-refractivity contribution < 1.29 is 9.53 Å². The number of benzene rings is 1. The van der Waals surface area contributed by atoms with E-state index in [1.807, 2.05) is 6.92 Å². The van der Waals surface area contributed by atoms with Gasteiger partial charge in [-0.3, -0.25) is 4.79 Å². The normalized spacial score (nSPS) is 12.1. The standard InChI is InChI=1S/C12H16Cl2N2O2/c1-3-16-12(17)7(2)18-11-8(6-15)4-9(13)5-10(11)14/h4-5,7H,3,6,15H2,1-2H3,(H,16,17). The van der Waals surface area contributed by atoms with Crippen LogP contribution in [0.25, 0.3) is 0 Å². The fourth-order valence-electron chi connectivity index (χ4n) is 1.45. The van der Waals surface area contributed by atoms with Crippen LogP contribution in [0, 0.1) is 0 Å². The first kappa shape index (κ1) is 15.1. The highest BCUT2D eigenvalue weighted by Crippen LogP contribution is 2.32. The maximum Gasteiger partial charge on any atom is 0.260 e. The van der Waals surface area contributed by atoms with Gasteiger partial charge in [-0.2, -0.15) is 0 Å². The summed E-state index contributed by atoms with van der Waals surface area (Å²) in [6.07, 6.45) is -0.645. The van der Waals surface area contributed by atoms with Crippen molar-refractivity contribution in [1.82, 2.24) is 5.32 Å². The molecule has 0 bridgehead atoms. The minimum Gasteiger partial charge on any atom is -0.479 e. The Kier molecular flexibility index (Phi) is 5.72. The van der Waals surface area contributed by atoms with Crippen LogP contribution < -0.4 is 15.8 Å². The average molecular weight is 291 g/mol. The van der Waals surface area contributed by atoms with E-state index in [1.165, 1.54) is 0 Å². The Morgan fingerprint density at radius 2 is 2.17 bits per heavy atom. The van der Waals surface area contributed by atoms with E-state index >= 15 is 0 Å². The summed E-state index contributed by atoms with van der Waals surface area (Å²) < 4.78 is 5.55. The van der Waals surface area contributed by atoms with Gasteiger partial charge in [0, 0.05) is 23.7 Å². The minimum atomic E-state index is -0.645. The number of ether oxygens (including phenoxy) is 1. The molecule has 0 aliphatic heterocycles. The van der Waals surface area contributed by atoms with Crippen molar-refractivity contribution in [2.24, 2.45) is 5.73 Å². The maximum absolute atomic E-state index is 11.6. The fraction of sp³-hybridized carbons (Fsp3) is 0.417. The topological polar surface area (TPSA) is 64.3 Å². The van der Waals surface area contributed by atoms with Crippen LogP contribution in [0.3, 0.4) is 0 Å². The number of hydrogen-bond donors (Lipinski definition) is 2. The fourth-order valence-corrected chi connectivity index (χ4v) is 2.03. The molecule has 0 spiro atoms. The van der Waals surface area contributed by atoms with Crippen LogP contribution >= 0.6 is 23.2 Å². The Hall–Kier alpha value is -0.970. The van der Waals surface area contributed by atoms with Crippen molar-refractivity contribution in [3.63, 3.8) is 0 Å². The van der Waals surface area contributed by atoms with Gasteiger partial charge < -0.3 is 15.8 Å². The molecule has 100 valence electrons. The Labute approximate surface area is 116 Å². The summed E-state index contributed by atoms with van der Waals surface area (Å²) in [5.41, 5.74) is 6.27. The zero-order valence-corrected chi connectivity index (χ0v) is 11.8. The molecule has 18 heavy (non-hydrogen) atoms. The van der Waals surface area contributed by atoms with E-state index in [2.05, 4.69) is 5.32 Å². The summed E-state index contributed by atoms with van der Waals surface area (Å²) in [4.78, 5) is 11.6. The molecule has 0 aromatic heterocycles. The van der Waals surface area contributed by atoms with Crippen LogP contribution in [0.5, 0.6) is 5.75 Å². The molecule has 3 N–H and O–H groups in total. The van der Waals surface area contributed by atoms with Crippen LogP contribution in [-0.2, 0) is 11.3 Å². The van der Waals surface area contributed by atoms with Crippen molar-refractivity contribution in [1.29, 1.82) is 0 Å². The lowest BCUT2D eigenvalue weighted by Crippen LogP contribution is -2.36. The van der Waals surface area contributed by atoms with Crippen molar-refractivity contribution in [3.8, 4) is 5.75 Å². The lowest BCUT2D eigenvalue weighted by atomic mass is 10.2. The highest BCUT2D eigenvalue weighted by Gasteiger charge is 2.18. The van der Waals surface area contributed by atoms with Crippen molar-refractivity contribution in [3.05, 3.63) is 27.7 Å². The van der Waals surface area contributed by atoms with Gasteiger partial charge in [0.2, 0.25) is 0 Å².